The minimum absolute atomic E-state index is 0.0629. The molecule has 124 valence electrons. The summed E-state index contributed by atoms with van der Waals surface area (Å²) in [6, 6.07) is 16.9. The van der Waals surface area contributed by atoms with E-state index in [2.05, 4.69) is 48.3 Å². The molecule has 24 heavy (non-hydrogen) atoms. The largest absolute Gasteiger partial charge is 0.329 e. The number of aromatic nitrogens is 2. The zero-order valence-electron chi connectivity index (χ0n) is 14.0. The first-order valence-electron chi connectivity index (χ1n) is 8.19. The normalized spacial score (nSPS) is 12.5. The van der Waals surface area contributed by atoms with Gasteiger partial charge in [0.15, 0.2) is 0 Å². The molecule has 0 aliphatic rings. The van der Waals surface area contributed by atoms with Crippen molar-refractivity contribution in [3.63, 3.8) is 0 Å². The molecule has 0 saturated heterocycles. The number of benzene rings is 2. The maximum atomic E-state index is 13.1. The third-order valence-corrected chi connectivity index (χ3v) is 4.35. The van der Waals surface area contributed by atoms with E-state index in [0.29, 0.717) is 12.5 Å². The molecule has 0 fully saturated rings. The van der Waals surface area contributed by atoms with E-state index >= 15 is 0 Å². The molecule has 0 radical (unpaired) electrons. The predicted molar refractivity (Wildman–Crippen MR) is 95.4 cm³/mol. The zero-order valence-corrected chi connectivity index (χ0v) is 14.0. The third-order valence-electron chi connectivity index (χ3n) is 4.35. The summed E-state index contributed by atoms with van der Waals surface area (Å²) < 4.78 is 13.1. The smallest absolute Gasteiger partial charge is 0.123 e. The van der Waals surface area contributed by atoms with Crippen molar-refractivity contribution < 1.29 is 4.39 Å². The number of rotatable bonds is 5. The van der Waals surface area contributed by atoms with Gasteiger partial charge in [0.1, 0.15) is 5.82 Å². The fraction of sp³-hybridized carbons (Fsp3) is 0.250. The van der Waals surface area contributed by atoms with Crippen LogP contribution in [0.1, 0.15) is 42.5 Å². The molecule has 0 aliphatic heterocycles. The van der Waals surface area contributed by atoms with Gasteiger partial charge in [-0.15, -0.1) is 0 Å². The van der Waals surface area contributed by atoms with Gasteiger partial charge in [0, 0.05) is 23.7 Å². The van der Waals surface area contributed by atoms with E-state index in [1.807, 2.05) is 6.07 Å². The average molecular weight is 323 g/mol. The molecule has 2 aromatic carbocycles. The van der Waals surface area contributed by atoms with Crippen LogP contribution in [0.5, 0.6) is 0 Å². The molecular weight excluding hydrogens is 301 g/mol. The molecule has 0 bridgehead atoms. The molecule has 3 rings (SSSR count). The Labute approximate surface area is 141 Å². The molecule has 1 heterocycles. The lowest BCUT2D eigenvalue weighted by Gasteiger charge is -2.14. The highest BCUT2D eigenvalue weighted by molar-refractivity contribution is 5.59. The molecule has 1 unspecified atom stereocenters. The van der Waals surface area contributed by atoms with Gasteiger partial charge in [-0.3, -0.25) is 5.10 Å². The summed E-state index contributed by atoms with van der Waals surface area (Å²) in [6.45, 7) is 4.85. The number of H-pyrrole nitrogens is 1. The van der Waals surface area contributed by atoms with Gasteiger partial charge in [-0.1, -0.05) is 38.1 Å². The topological polar surface area (TPSA) is 54.7 Å². The van der Waals surface area contributed by atoms with Crippen molar-refractivity contribution in [3.8, 4) is 11.3 Å². The first kappa shape index (κ1) is 16.4. The van der Waals surface area contributed by atoms with E-state index in [4.69, 9.17) is 5.73 Å². The minimum atomic E-state index is -0.250. The summed E-state index contributed by atoms with van der Waals surface area (Å²) >= 11 is 0. The predicted octanol–water partition coefficient (Wildman–Crippen LogP) is 4.43. The van der Waals surface area contributed by atoms with Crippen LogP contribution < -0.4 is 5.73 Å². The monoisotopic (exact) mass is 323 g/mol. The molecule has 4 heteroatoms. The molecular formula is C20H22FN3. The SMILES string of the molecule is CC(C)c1ccc(C(CN)c2cc(-c3ccc(F)cc3)n[nH]2)cc1. The van der Waals surface area contributed by atoms with Crippen LogP contribution in [0.25, 0.3) is 11.3 Å². The fourth-order valence-corrected chi connectivity index (χ4v) is 2.84. The molecule has 0 aliphatic carbocycles. The van der Waals surface area contributed by atoms with Crippen LogP contribution in [0.4, 0.5) is 4.39 Å². The van der Waals surface area contributed by atoms with E-state index < -0.39 is 0 Å². The lowest BCUT2D eigenvalue weighted by Crippen LogP contribution is -2.14. The van der Waals surface area contributed by atoms with Crippen molar-refractivity contribution in [2.45, 2.75) is 25.7 Å². The summed E-state index contributed by atoms with van der Waals surface area (Å²) in [6.07, 6.45) is 0. The van der Waals surface area contributed by atoms with Gasteiger partial charge in [0.2, 0.25) is 0 Å². The second kappa shape index (κ2) is 6.97. The van der Waals surface area contributed by atoms with Crippen LogP contribution in [0.15, 0.2) is 54.6 Å². The molecule has 1 aromatic heterocycles. The zero-order chi connectivity index (χ0) is 17.1. The van der Waals surface area contributed by atoms with Crippen molar-refractivity contribution in [1.29, 1.82) is 0 Å². The van der Waals surface area contributed by atoms with Crippen molar-refractivity contribution >= 4 is 0 Å². The second-order valence-corrected chi connectivity index (χ2v) is 6.33. The number of hydrogen-bond donors (Lipinski definition) is 2. The van der Waals surface area contributed by atoms with Crippen molar-refractivity contribution in [2.24, 2.45) is 5.73 Å². The van der Waals surface area contributed by atoms with Gasteiger partial charge >= 0.3 is 0 Å². The summed E-state index contributed by atoms with van der Waals surface area (Å²) in [4.78, 5) is 0. The van der Waals surface area contributed by atoms with Crippen LogP contribution in [0, 0.1) is 5.82 Å². The minimum Gasteiger partial charge on any atom is -0.329 e. The summed E-state index contributed by atoms with van der Waals surface area (Å²) in [5.74, 6) is 0.320. The molecule has 0 amide bonds. The summed E-state index contributed by atoms with van der Waals surface area (Å²) in [5, 5.41) is 7.44. The van der Waals surface area contributed by atoms with E-state index in [1.165, 1.54) is 17.7 Å². The van der Waals surface area contributed by atoms with Gasteiger partial charge in [-0.25, -0.2) is 4.39 Å². The quantitative estimate of drug-likeness (QED) is 0.730. The maximum Gasteiger partial charge on any atom is 0.123 e. The van der Waals surface area contributed by atoms with Gasteiger partial charge in [0.05, 0.1) is 5.69 Å². The third kappa shape index (κ3) is 3.39. The Morgan fingerprint density at radius 3 is 2.21 bits per heavy atom. The number of nitrogens with two attached hydrogens (primary N) is 1. The van der Waals surface area contributed by atoms with Crippen LogP contribution >= 0.6 is 0 Å². The molecule has 3 nitrogen and oxygen atoms in total. The first-order valence-corrected chi connectivity index (χ1v) is 8.19. The van der Waals surface area contributed by atoms with Gasteiger partial charge in [-0.2, -0.15) is 5.10 Å². The Morgan fingerprint density at radius 1 is 1.00 bits per heavy atom. The second-order valence-electron chi connectivity index (χ2n) is 6.33. The Bertz CT molecular complexity index is 789. The van der Waals surface area contributed by atoms with Crippen molar-refractivity contribution in [2.75, 3.05) is 6.54 Å². The van der Waals surface area contributed by atoms with Crippen LogP contribution in [0.3, 0.4) is 0 Å². The molecule has 0 saturated carbocycles. The number of hydrogen-bond acceptors (Lipinski definition) is 2. The van der Waals surface area contributed by atoms with E-state index in [9.17, 15) is 4.39 Å². The van der Waals surface area contributed by atoms with E-state index in [-0.39, 0.29) is 11.7 Å². The Kier molecular flexibility index (Phi) is 4.76. The average Bonchev–Trinajstić information content (AvgIpc) is 3.06. The standard InChI is InChI=1S/C20H22FN3/c1-13(2)14-3-5-15(6-4-14)18(12-22)20-11-19(23-24-20)16-7-9-17(21)10-8-16/h3-11,13,18H,12,22H2,1-2H3,(H,23,24). The van der Waals surface area contributed by atoms with Gasteiger partial charge < -0.3 is 5.73 Å². The lowest BCUT2D eigenvalue weighted by atomic mass is 9.92. The van der Waals surface area contributed by atoms with E-state index in [0.717, 1.165) is 22.5 Å². The van der Waals surface area contributed by atoms with Crippen molar-refractivity contribution in [1.82, 2.24) is 10.2 Å². The Morgan fingerprint density at radius 2 is 1.62 bits per heavy atom. The van der Waals surface area contributed by atoms with Crippen LogP contribution in [-0.2, 0) is 0 Å². The van der Waals surface area contributed by atoms with Gasteiger partial charge in [-0.05, 0) is 47.4 Å². The Balaban J connectivity index is 1.87. The lowest BCUT2D eigenvalue weighted by molar-refractivity contribution is 0.628. The fourth-order valence-electron chi connectivity index (χ4n) is 2.84. The Hall–Kier alpha value is -2.46. The molecule has 3 aromatic rings. The maximum absolute atomic E-state index is 13.1. The number of halogens is 1. The first-order chi connectivity index (χ1) is 11.6. The van der Waals surface area contributed by atoms with Gasteiger partial charge in [0.25, 0.3) is 0 Å². The molecule has 0 spiro atoms. The molecule has 3 N–H and O–H groups in total. The highest BCUT2D eigenvalue weighted by Crippen LogP contribution is 2.27. The van der Waals surface area contributed by atoms with E-state index in [1.54, 1.807) is 12.1 Å². The highest BCUT2D eigenvalue weighted by Gasteiger charge is 2.16. The summed E-state index contributed by atoms with van der Waals surface area (Å²) in [7, 11) is 0. The van der Waals surface area contributed by atoms with Crippen LogP contribution in [-0.4, -0.2) is 16.7 Å². The highest BCUT2D eigenvalue weighted by atomic mass is 19.1. The number of nitrogens with zero attached hydrogens (tertiary/aromatic N) is 1. The summed E-state index contributed by atoms with van der Waals surface area (Å²) in [5.41, 5.74) is 11.1. The number of nitrogens with one attached hydrogen (secondary N) is 1. The van der Waals surface area contributed by atoms with Crippen molar-refractivity contribution in [3.05, 3.63) is 77.2 Å². The molecule has 1 atom stereocenters. The van der Waals surface area contributed by atoms with Crippen LogP contribution in [0.2, 0.25) is 0 Å². The number of aromatic amines is 1.